The number of esters is 1. The van der Waals surface area contributed by atoms with E-state index in [0.717, 1.165) is 12.2 Å². The Labute approximate surface area is 90.4 Å². The van der Waals surface area contributed by atoms with E-state index in [1.54, 1.807) is 11.8 Å². The predicted molar refractivity (Wildman–Crippen MR) is 62.3 cm³/mol. The summed E-state index contributed by atoms with van der Waals surface area (Å²) in [6.45, 7) is 5.99. The molecule has 0 bridgehead atoms. The summed E-state index contributed by atoms with van der Waals surface area (Å²) in [7, 11) is 0. The van der Waals surface area contributed by atoms with Gasteiger partial charge in [-0.15, -0.1) is 11.8 Å². The molecule has 0 aromatic heterocycles. The molecule has 0 aromatic carbocycles. The van der Waals surface area contributed by atoms with Crippen LogP contribution in [0.4, 0.5) is 0 Å². The fraction of sp³-hybridized carbons (Fsp3) is 0.545. The van der Waals surface area contributed by atoms with Gasteiger partial charge in [0.05, 0.1) is 0 Å². The number of carbonyl (C=O) groups excluding carboxylic acids is 1. The number of hydrogen-bond donors (Lipinski definition) is 0. The van der Waals surface area contributed by atoms with Crippen LogP contribution < -0.4 is 0 Å². The van der Waals surface area contributed by atoms with Crippen LogP contribution >= 0.6 is 11.8 Å². The first-order valence-corrected chi connectivity index (χ1v) is 5.71. The standard InChI is InChI=1S/C11H18O2S/c1-10(2)6-4-8-14-9-5-7-13-11(3)12/h5-6,9H,4,7-8H2,1-3H3. The van der Waals surface area contributed by atoms with Gasteiger partial charge in [0, 0.05) is 12.7 Å². The van der Waals surface area contributed by atoms with Crippen molar-refractivity contribution in [3.63, 3.8) is 0 Å². The van der Waals surface area contributed by atoms with E-state index < -0.39 is 0 Å². The van der Waals surface area contributed by atoms with Crippen LogP contribution in [-0.4, -0.2) is 18.3 Å². The van der Waals surface area contributed by atoms with Gasteiger partial charge in [-0.3, -0.25) is 4.79 Å². The zero-order valence-electron chi connectivity index (χ0n) is 9.08. The van der Waals surface area contributed by atoms with E-state index in [1.807, 2.05) is 11.5 Å². The van der Waals surface area contributed by atoms with Crippen molar-refractivity contribution in [2.24, 2.45) is 0 Å². The molecule has 0 N–H and O–H groups in total. The van der Waals surface area contributed by atoms with Gasteiger partial charge in [0.1, 0.15) is 6.61 Å². The van der Waals surface area contributed by atoms with Crippen LogP contribution in [0.25, 0.3) is 0 Å². The molecule has 0 rings (SSSR count). The molecular weight excluding hydrogens is 196 g/mol. The van der Waals surface area contributed by atoms with E-state index in [1.165, 1.54) is 12.5 Å². The van der Waals surface area contributed by atoms with Gasteiger partial charge >= 0.3 is 5.97 Å². The third kappa shape index (κ3) is 11.3. The Morgan fingerprint density at radius 2 is 2.07 bits per heavy atom. The van der Waals surface area contributed by atoms with Crippen molar-refractivity contribution in [2.45, 2.75) is 27.2 Å². The Kier molecular flexibility index (Phi) is 8.43. The van der Waals surface area contributed by atoms with Gasteiger partial charge in [-0.2, -0.15) is 0 Å². The average Bonchev–Trinajstić information content (AvgIpc) is 2.08. The van der Waals surface area contributed by atoms with Crippen molar-refractivity contribution < 1.29 is 9.53 Å². The van der Waals surface area contributed by atoms with Gasteiger partial charge in [-0.25, -0.2) is 0 Å². The molecule has 0 aliphatic rings. The maximum Gasteiger partial charge on any atom is 0.302 e. The molecule has 0 atom stereocenters. The van der Waals surface area contributed by atoms with Crippen molar-refractivity contribution in [1.82, 2.24) is 0 Å². The maximum absolute atomic E-state index is 10.4. The molecule has 0 spiro atoms. The van der Waals surface area contributed by atoms with E-state index in [2.05, 4.69) is 19.9 Å². The normalized spacial score (nSPS) is 10.2. The first-order valence-electron chi connectivity index (χ1n) is 4.66. The summed E-state index contributed by atoms with van der Waals surface area (Å²) in [4.78, 5) is 10.4. The Hall–Kier alpha value is -0.700. The minimum absolute atomic E-state index is 0.232. The molecule has 0 heterocycles. The minimum atomic E-state index is -0.232. The second kappa shape index (κ2) is 8.88. The maximum atomic E-state index is 10.4. The van der Waals surface area contributed by atoms with E-state index in [-0.39, 0.29) is 5.97 Å². The van der Waals surface area contributed by atoms with Crippen LogP contribution in [0.1, 0.15) is 27.2 Å². The third-order valence-corrected chi connectivity index (χ3v) is 2.22. The highest BCUT2D eigenvalue weighted by molar-refractivity contribution is 8.02. The molecule has 14 heavy (non-hydrogen) atoms. The predicted octanol–water partition coefficient (Wildman–Crippen LogP) is 3.15. The number of allylic oxidation sites excluding steroid dienone is 2. The zero-order valence-corrected chi connectivity index (χ0v) is 9.89. The lowest BCUT2D eigenvalue weighted by molar-refractivity contribution is -0.139. The van der Waals surface area contributed by atoms with Gasteiger partial charge in [-0.1, -0.05) is 11.6 Å². The molecule has 2 nitrogen and oxygen atoms in total. The fourth-order valence-corrected chi connectivity index (χ4v) is 1.36. The van der Waals surface area contributed by atoms with Crippen molar-refractivity contribution in [2.75, 3.05) is 12.4 Å². The van der Waals surface area contributed by atoms with Gasteiger partial charge in [0.15, 0.2) is 0 Å². The largest absolute Gasteiger partial charge is 0.462 e. The monoisotopic (exact) mass is 214 g/mol. The zero-order chi connectivity index (χ0) is 10.8. The van der Waals surface area contributed by atoms with Gasteiger partial charge < -0.3 is 4.74 Å². The lowest BCUT2D eigenvalue weighted by Crippen LogP contribution is -1.96. The molecule has 0 aliphatic carbocycles. The van der Waals surface area contributed by atoms with Crippen molar-refractivity contribution in [3.05, 3.63) is 23.1 Å². The summed E-state index contributed by atoms with van der Waals surface area (Å²) in [5, 5.41) is 1.97. The molecule has 0 saturated heterocycles. The van der Waals surface area contributed by atoms with Crippen LogP contribution in [0.5, 0.6) is 0 Å². The van der Waals surface area contributed by atoms with E-state index >= 15 is 0 Å². The van der Waals surface area contributed by atoms with Crippen LogP contribution in [0.15, 0.2) is 23.1 Å². The lowest BCUT2D eigenvalue weighted by Gasteiger charge is -1.95. The average molecular weight is 214 g/mol. The molecule has 0 fully saturated rings. The number of hydrogen-bond acceptors (Lipinski definition) is 3. The molecule has 3 heteroatoms. The summed E-state index contributed by atoms with van der Waals surface area (Å²) < 4.78 is 4.74. The van der Waals surface area contributed by atoms with Crippen LogP contribution in [0.3, 0.4) is 0 Å². The number of thioether (sulfide) groups is 1. The molecule has 80 valence electrons. The highest BCUT2D eigenvalue weighted by atomic mass is 32.2. The second-order valence-corrected chi connectivity index (χ2v) is 4.13. The molecular formula is C11H18O2S. The third-order valence-electron chi connectivity index (χ3n) is 1.36. The van der Waals surface area contributed by atoms with Crippen LogP contribution in [0.2, 0.25) is 0 Å². The van der Waals surface area contributed by atoms with E-state index in [0.29, 0.717) is 6.61 Å². The lowest BCUT2D eigenvalue weighted by atomic mass is 10.3. The SMILES string of the molecule is CC(=O)OCC=CSCCC=C(C)C. The van der Waals surface area contributed by atoms with Gasteiger partial charge in [0.25, 0.3) is 0 Å². The Morgan fingerprint density at radius 1 is 1.36 bits per heavy atom. The van der Waals surface area contributed by atoms with Crippen molar-refractivity contribution in [1.29, 1.82) is 0 Å². The molecule has 0 radical (unpaired) electrons. The Bertz CT molecular complexity index is 215. The minimum Gasteiger partial charge on any atom is -0.462 e. The smallest absolute Gasteiger partial charge is 0.302 e. The summed E-state index contributed by atoms with van der Waals surface area (Å²) in [5.41, 5.74) is 1.36. The summed E-state index contributed by atoms with van der Waals surface area (Å²) in [6.07, 6.45) is 5.16. The molecule has 0 saturated carbocycles. The molecule has 0 unspecified atom stereocenters. The van der Waals surface area contributed by atoms with Gasteiger partial charge in [0.2, 0.25) is 0 Å². The number of ether oxygens (including phenoxy) is 1. The van der Waals surface area contributed by atoms with E-state index in [4.69, 9.17) is 4.74 Å². The van der Waals surface area contributed by atoms with Gasteiger partial charge in [-0.05, 0) is 31.8 Å². The number of carbonyl (C=O) groups is 1. The Balaban J connectivity index is 3.27. The highest BCUT2D eigenvalue weighted by Gasteiger charge is 1.86. The van der Waals surface area contributed by atoms with Crippen LogP contribution in [0, 0.1) is 0 Å². The van der Waals surface area contributed by atoms with E-state index in [9.17, 15) is 4.79 Å². The quantitative estimate of drug-likeness (QED) is 0.386. The van der Waals surface area contributed by atoms with Crippen LogP contribution in [-0.2, 0) is 9.53 Å². The first kappa shape index (κ1) is 13.3. The molecule has 0 amide bonds. The summed E-state index contributed by atoms with van der Waals surface area (Å²) in [6, 6.07) is 0. The number of rotatable bonds is 6. The van der Waals surface area contributed by atoms with Crippen molar-refractivity contribution >= 4 is 17.7 Å². The first-order chi connectivity index (χ1) is 6.63. The summed E-state index contributed by atoms with van der Waals surface area (Å²) >= 11 is 1.73. The summed E-state index contributed by atoms with van der Waals surface area (Å²) in [5.74, 6) is 0.839. The fourth-order valence-electron chi connectivity index (χ4n) is 0.756. The topological polar surface area (TPSA) is 26.3 Å². The highest BCUT2D eigenvalue weighted by Crippen LogP contribution is 2.05. The molecule has 0 aliphatic heterocycles. The van der Waals surface area contributed by atoms with Crippen molar-refractivity contribution in [3.8, 4) is 0 Å². The second-order valence-electron chi connectivity index (χ2n) is 3.12. The molecule has 0 aromatic rings. The Morgan fingerprint density at radius 3 is 2.64 bits per heavy atom.